The molecule has 2 aliphatic rings. The minimum atomic E-state index is -0.225. The second kappa shape index (κ2) is 3.67. The largest absolute Gasteiger partial charge is 0.396 e. The molecule has 0 saturated heterocycles. The van der Waals surface area contributed by atoms with Crippen LogP contribution in [0.15, 0.2) is 27.8 Å². The van der Waals surface area contributed by atoms with E-state index in [0.29, 0.717) is 12.1 Å². The number of hydrogen-bond acceptors (Lipinski definition) is 3. The average Bonchev–Trinajstić information content (AvgIpc) is 2.54. The van der Waals surface area contributed by atoms with Crippen LogP contribution in [-0.4, -0.2) is 10.3 Å². The van der Waals surface area contributed by atoms with E-state index in [1.807, 2.05) is 6.92 Å². The average molecular weight is 226 g/mol. The van der Waals surface area contributed by atoms with E-state index in [4.69, 9.17) is 5.73 Å². The molecule has 4 heteroatoms. The number of nitrogens with zero attached hydrogens (tertiary/aromatic N) is 1. The highest BCUT2D eigenvalue weighted by Gasteiger charge is 2.40. The van der Waals surface area contributed by atoms with Gasteiger partial charge in [-0.3, -0.25) is 4.99 Å². The summed E-state index contributed by atoms with van der Waals surface area (Å²) in [6.07, 6.45) is 2.14. The molecular formula is C11H15FN2S. The van der Waals surface area contributed by atoms with Gasteiger partial charge in [0.2, 0.25) is 0 Å². The first kappa shape index (κ1) is 10.7. The van der Waals surface area contributed by atoms with Crippen molar-refractivity contribution >= 4 is 17.3 Å². The summed E-state index contributed by atoms with van der Waals surface area (Å²) < 4.78 is 13.5. The van der Waals surface area contributed by atoms with Crippen LogP contribution in [0.5, 0.6) is 0 Å². The summed E-state index contributed by atoms with van der Waals surface area (Å²) in [5.41, 5.74) is 9.80. The molecule has 2 N–H and O–H groups in total. The number of halogens is 1. The molecule has 82 valence electrons. The third kappa shape index (κ3) is 1.61. The van der Waals surface area contributed by atoms with Gasteiger partial charge in [0, 0.05) is 12.0 Å². The molecule has 15 heavy (non-hydrogen) atoms. The van der Waals surface area contributed by atoms with E-state index >= 15 is 0 Å². The number of fused-ring (bicyclic) bond motifs is 1. The Labute approximate surface area is 93.5 Å². The van der Waals surface area contributed by atoms with Gasteiger partial charge in [-0.05, 0) is 13.3 Å². The Hall–Kier alpha value is -0.770. The fourth-order valence-corrected chi connectivity index (χ4v) is 2.98. The fourth-order valence-electron chi connectivity index (χ4n) is 2.10. The van der Waals surface area contributed by atoms with E-state index in [9.17, 15) is 4.39 Å². The molecule has 0 saturated carbocycles. The summed E-state index contributed by atoms with van der Waals surface area (Å²) in [5.74, 6) is -0.178. The van der Waals surface area contributed by atoms with Crippen LogP contribution >= 0.6 is 11.8 Å². The summed E-state index contributed by atoms with van der Waals surface area (Å²) in [6.45, 7) is 4.10. The number of hydrogen-bond donors (Lipinski definition) is 1. The van der Waals surface area contributed by atoms with Crippen molar-refractivity contribution in [3.63, 3.8) is 0 Å². The Morgan fingerprint density at radius 3 is 3.07 bits per heavy atom. The zero-order valence-corrected chi connectivity index (χ0v) is 9.83. The molecule has 0 spiro atoms. The number of aliphatic imine (C=N–C) groups is 1. The highest BCUT2D eigenvalue weighted by atomic mass is 32.2. The zero-order chi connectivity index (χ0) is 11.1. The van der Waals surface area contributed by atoms with Gasteiger partial charge < -0.3 is 5.73 Å². The normalized spacial score (nSPS) is 30.1. The van der Waals surface area contributed by atoms with Crippen molar-refractivity contribution in [2.24, 2.45) is 10.7 Å². The zero-order valence-electron chi connectivity index (χ0n) is 9.01. The van der Waals surface area contributed by atoms with E-state index in [2.05, 4.69) is 11.9 Å². The van der Waals surface area contributed by atoms with E-state index in [-0.39, 0.29) is 10.6 Å². The number of allylic oxidation sites excluding steroid dienone is 2. The quantitative estimate of drug-likeness (QED) is 0.785. The maximum Gasteiger partial charge on any atom is 0.125 e. The van der Waals surface area contributed by atoms with E-state index in [0.717, 1.165) is 24.1 Å². The predicted octanol–water partition coefficient (Wildman–Crippen LogP) is 3.12. The molecule has 0 aromatic carbocycles. The van der Waals surface area contributed by atoms with Crippen molar-refractivity contribution < 1.29 is 4.39 Å². The molecule has 1 atom stereocenters. The van der Waals surface area contributed by atoms with E-state index < -0.39 is 0 Å². The van der Waals surface area contributed by atoms with Crippen LogP contribution in [0.3, 0.4) is 0 Å². The Bertz CT molecular complexity index is 384. The lowest BCUT2D eigenvalue weighted by atomic mass is 9.88. The molecule has 0 aromatic heterocycles. The third-order valence-corrected chi connectivity index (χ3v) is 3.96. The lowest BCUT2D eigenvalue weighted by molar-refractivity contribution is 0.524. The standard InChI is InChI=1S/C11H15FN2S/c1-3-4-7-9(13)8(12)5-11(2)10(7)14-6-15-11/h6H,3-5,13H2,1-2H3. The van der Waals surface area contributed by atoms with Gasteiger partial charge in [-0.15, -0.1) is 11.8 Å². The Balaban J connectivity index is 2.50. The molecular weight excluding hydrogens is 211 g/mol. The minimum Gasteiger partial charge on any atom is -0.396 e. The molecule has 1 aliphatic carbocycles. The maximum atomic E-state index is 13.7. The first-order valence-electron chi connectivity index (χ1n) is 5.17. The SMILES string of the molecule is CCCC1=C2N=CSC2(C)CC(F)=C1N. The lowest BCUT2D eigenvalue weighted by Crippen LogP contribution is -2.27. The van der Waals surface area contributed by atoms with Gasteiger partial charge in [-0.1, -0.05) is 13.3 Å². The molecule has 1 heterocycles. The van der Waals surface area contributed by atoms with Crippen LogP contribution in [0.4, 0.5) is 4.39 Å². The van der Waals surface area contributed by atoms with Crippen molar-refractivity contribution in [2.75, 3.05) is 0 Å². The van der Waals surface area contributed by atoms with E-state index in [1.165, 1.54) is 0 Å². The molecule has 2 nitrogen and oxygen atoms in total. The molecule has 0 bridgehead atoms. The van der Waals surface area contributed by atoms with Crippen LogP contribution in [0.2, 0.25) is 0 Å². The highest BCUT2D eigenvalue weighted by molar-refractivity contribution is 8.13. The fraction of sp³-hybridized carbons (Fsp3) is 0.545. The lowest BCUT2D eigenvalue weighted by Gasteiger charge is -2.30. The summed E-state index contributed by atoms with van der Waals surface area (Å²) >= 11 is 1.58. The molecule has 0 fully saturated rings. The number of thioether (sulfide) groups is 1. The van der Waals surface area contributed by atoms with Gasteiger partial charge in [0.05, 0.1) is 21.7 Å². The first-order valence-corrected chi connectivity index (χ1v) is 6.05. The van der Waals surface area contributed by atoms with Gasteiger partial charge in [-0.25, -0.2) is 4.39 Å². The number of rotatable bonds is 2. The van der Waals surface area contributed by atoms with Crippen LogP contribution in [0.25, 0.3) is 0 Å². The monoisotopic (exact) mass is 226 g/mol. The summed E-state index contributed by atoms with van der Waals surface area (Å²) in [4.78, 5) is 4.35. The van der Waals surface area contributed by atoms with Crippen molar-refractivity contribution in [1.29, 1.82) is 0 Å². The van der Waals surface area contributed by atoms with Crippen LogP contribution in [0, 0.1) is 0 Å². The molecule has 2 rings (SSSR count). The van der Waals surface area contributed by atoms with Crippen LogP contribution in [-0.2, 0) is 0 Å². The van der Waals surface area contributed by atoms with Crippen molar-refractivity contribution in [3.05, 3.63) is 22.8 Å². The summed E-state index contributed by atoms with van der Waals surface area (Å²) in [6, 6.07) is 0. The smallest absolute Gasteiger partial charge is 0.125 e. The van der Waals surface area contributed by atoms with Crippen LogP contribution < -0.4 is 5.73 Å². The van der Waals surface area contributed by atoms with Gasteiger partial charge in [0.25, 0.3) is 0 Å². The summed E-state index contributed by atoms with van der Waals surface area (Å²) in [7, 11) is 0. The molecule has 1 aliphatic heterocycles. The van der Waals surface area contributed by atoms with Crippen molar-refractivity contribution in [3.8, 4) is 0 Å². The topological polar surface area (TPSA) is 38.4 Å². The van der Waals surface area contributed by atoms with Gasteiger partial charge in [-0.2, -0.15) is 0 Å². The molecule has 0 amide bonds. The maximum absolute atomic E-state index is 13.7. The summed E-state index contributed by atoms with van der Waals surface area (Å²) in [5, 5.41) is 0. The van der Waals surface area contributed by atoms with Gasteiger partial charge >= 0.3 is 0 Å². The highest BCUT2D eigenvalue weighted by Crippen LogP contribution is 2.49. The molecule has 0 aromatic rings. The van der Waals surface area contributed by atoms with Crippen molar-refractivity contribution in [2.45, 2.75) is 37.9 Å². The second-order valence-corrected chi connectivity index (χ2v) is 5.50. The van der Waals surface area contributed by atoms with E-state index in [1.54, 1.807) is 17.3 Å². The second-order valence-electron chi connectivity index (χ2n) is 4.16. The first-order chi connectivity index (χ1) is 7.08. The molecule has 0 radical (unpaired) electrons. The Morgan fingerprint density at radius 2 is 2.40 bits per heavy atom. The van der Waals surface area contributed by atoms with Crippen molar-refractivity contribution in [1.82, 2.24) is 0 Å². The van der Waals surface area contributed by atoms with Crippen LogP contribution in [0.1, 0.15) is 33.1 Å². The Morgan fingerprint density at radius 1 is 1.67 bits per heavy atom. The predicted molar refractivity (Wildman–Crippen MR) is 63.4 cm³/mol. The minimum absolute atomic E-state index is 0.178. The molecule has 1 unspecified atom stereocenters. The van der Waals surface area contributed by atoms with Gasteiger partial charge in [0.1, 0.15) is 5.83 Å². The third-order valence-electron chi connectivity index (χ3n) is 2.89. The van der Waals surface area contributed by atoms with Gasteiger partial charge in [0.15, 0.2) is 0 Å². The number of nitrogens with two attached hydrogens (primary N) is 1. The Kier molecular flexibility index (Phi) is 2.63.